The summed E-state index contributed by atoms with van der Waals surface area (Å²) in [5, 5.41) is 12.5. The molecule has 4 heteroatoms. The van der Waals surface area contributed by atoms with Crippen LogP contribution in [0, 0.1) is 0 Å². The summed E-state index contributed by atoms with van der Waals surface area (Å²) in [4.78, 5) is 11.9. The Balaban J connectivity index is 2.54. The number of hydrogen-bond donors (Lipinski definition) is 3. The lowest BCUT2D eigenvalue weighted by molar-refractivity contribution is -0.123. The highest BCUT2D eigenvalue weighted by molar-refractivity contribution is 5.77. The summed E-state index contributed by atoms with van der Waals surface area (Å²) in [6, 6.07) is 9.53. The summed E-state index contributed by atoms with van der Waals surface area (Å²) in [5.74, 6) is -0.0302. The molecule has 4 N–H and O–H groups in total. The minimum atomic E-state index is -0.716. The zero-order valence-corrected chi connectivity index (χ0v) is 11.6. The van der Waals surface area contributed by atoms with Gasteiger partial charge in [-0.2, -0.15) is 0 Å². The van der Waals surface area contributed by atoms with E-state index < -0.39 is 5.54 Å². The Hall–Kier alpha value is -1.39. The van der Waals surface area contributed by atoms with Crippen LogP contribution in [0.5, 0.6) is 0 Å². The van der Waals surface area contributed by atoms with Crippen molar-refractivity contribution in [2.24, 2.45) is 5.73 Å². The molecule has 0 fully saturated rings. The average molecular weight is 264 g/mol. The third kappa shape index (κ3) is 5.01. The van der Waals surface area contributed by atoms with Gasteiger partial charge in [0.15, 0.2) is 0 Å². The van der Waals surface area contributed by atoms with Crippen LogP contribution >= 0.6 is 0 Å². The number of aliphatic hydroxyl groups is 1. The van der Waals surface area contributed by atoms with Crippen molar-refractivity contribution in [3.63, 3.8) is 0 Å². The van der Waals surface area contributed by atoms with E-state index in [4.69, 9.17) is 5.73 Å². The molecule has 0 aliphatic rings. The topological polar surface area (TPSA) is 75.3 Å². The molecule has 106 valence electrons. The van der Waals surface area contributed by atoms with E-state index in [1.54, 1.807) is 0 Å². The van der Waals surface area contributed by atoms with Crippen LogP contribution in [0.2, 0.25) is 0 Å². The fourth-order valence-corrected chi connectivity index (χ4v) is 1.99. The van der Waals surface area contributed by atoms with Crippen LogP contribution < -0.4 is 11.1 Å². The molecule has 4 nitrogen and oxygen atoms in total. The van der Waals surface area contributed by atoms with Crippen LogP contribution in [0.15, 0.2) is 30.3 Å². The maximum atomic E-state index is 11.9. The van der Waals surface area contributed by atoms with Gasteiger partial charge in [0.2, 0.25) is 5.91 Å². The lowest BCUT2D eigenvalue weighted by Gasteiger charge is -2.29. The molecule has 1 aromatic carbocycles. The highest BCUT2D eigenvalue weighted by Gasteiger charge is 2.27. The monoisotopic (exact) mass is 264 g/mol. The predicted octanol–water partition coefficient (Wildman–Crippen LogP) is 1.53. The van der Waals surface area contributed by atoms with E-state index in [1.807, 2.05) is 37.3 Å². The molecular weight excluding hydrogens is 240 g/mol. The summed E-state index contributed by atoms with van der Waals surface area (Å²) in [6.45, 7) is 2.38. The van der Waals surface area contributed by atoms with Crippen molar-refractivity contribution in [3.05, 3.63) is 35.9 Å². The number of aliphatic hydroxyl groups excluding tert-OH is 1. The molecular formula is C15H24N2O2. The van der Waals surface area contributed by atoms with Crippen LogP contribution in [0.25, 0.3) is 0 Å². The van der Waals surface area contributed by atoms with Crippen molar-refractivity contribution < 1.29 is 9.90 Å². The standard InChI is InChI=1S/C15H24N2O2/c1-15(12-18,13-8-4-2-5-9-13)17-14(19)10-6-3-7-11-16/h2,4-5,8-9,18H,3,6-7,10-12,16H2,1H3,(H,17,19). The second-order valence-corrected chi connectivity index (χ2v) is 5.00. The summed E-state index contributed by atoms with van der Waals surface area (Å²) in [7, 11) is 0. The quantitative estimate of drug-likeness (QED) is 0.623. The van der Waals surface area contributed by atoms with E-state index in [1.165, 1.54) is 0 Å². The first-order valence-electron chi connectivity index (χ1n) is 6.80. The molecule has 1 amide bonds. The first kappa shape index (κ1) is 15.7. The van der Waals surface area contributed by atoms with Gasteiger partial charge < -0.3 is 16.2 Å². The average Bonchev–Trinajstić information content (AvgIpc) is 2.44. The lowest BCUT2D eigenvalue weighted by atomic mass is 9.92. The van der Waals surface area contributed by atoms with Crippen molar-refractivity contribution in [1.82, 2.24) is 5.32 Å². The highest BCUT2D eigenvalue weighted by Crippen LogP contribution is 2.20. The van der Waals surface area contributed by atoms with E-state index in [9.17, 15) is 9.90 Å². The molecule has 0 saturated heterocycles. The molecule has 0 heterocycles. The number of unbranched alkanes of at least 4 members (excludes halogenated alkanes) is 2. The Morgan fingerprint density at radius 1 is 1.26 bits per heavy atom. The number of carbonyl (C=O) groups is 1. The Bertz CT molecular complexity index is 381. The van der Waals surface area contributed by atoms with Crippen molar-refractivity contribution in [2.45, 2.75) is 38.1 Å². The molecule has 1 unspecified atom stereocenters. The molecule has 0 spiro atoms. The molecule has 1 atom stereocenters. The third-order valence-corrected chi connectivity index (χ3v) is 3.25. The largest absolute Gasteiger partial charge is 0.394 e. The molecule has 0 aliphatic heterocycles. The van der Waals surface area contributed by atoms with Crippen LogP contribution in [0.4, 0.5) is 0 Å². The fourth-order valence-electron chi connectivity index (χ4n) is 1.99. The van der Waals surface area contributed by atoms with Crippen LogP contribution in [0.1, 0.15) is 38.2 Å². The lowest BCUT2D eigenvalue weighted by Crippen LogP contribution is -2.46. The first-order chi connectivity index (χ1) is 9.12. The summed E-state index contributed by atoms with van der Waals surface area (Å²) in [5.41, 5.74) is 5.61. The van der Waals surface area contributed by atoms with Crippen LogP contribution in [0.3, 0.4) is 0 Å². The normalized spacial score (nSPS) is 13.8. The van der Waals surface area contributed by atoms with Gasteiger partial charge in [-0.1, -0.05) is 36.8 Å². The molecule has 0 bridgehead atoms. The molecule has 0 aliphatic carbocycles. The Kier molecular flexibility index (Phi) is 6.53. The second kappa shape index (κ2) is 7.92. The zero-order valence-electron chi connectivity index (χ0n) is 11.6. The van der Waals surface area contributed by atoms with Gasteiger partial charge in [0, 0.05) is 6.42 Å². The molecule has 1 aromatic rings. The SMILES string of the molecule is CC(CO)(NC(=O)CCCCCN)c1ccccc1. The van der Waals surface area contributed by atoms with Crippen molar-refractivity contribution >= 4 is 5.91 Å². The Labute approximate surface area is 115 Å². The van der Waals surface area contributed by atoms with Gasteiger partial charge in [0.25, 0.3) is 0 Å². The van der Waals surface area contributed by atoms with Gasteiger partial charge in [-0.05, 0) is 31.9 Å². The van der Waals surface area contributed by atoms with E-state index >= 15 is 0 Å². The maximum Gasteiger partial charge on any atom is 0.220 e. The molecule has 0 aromatic heterocycles. The van der Waals surface area contributed by atoms with Gasteiger partial charge in [-0.3, -0.25) is 4.79 Å². The molecule has 1 rings (SSSR count). The van der Waals surface area contributed by atoms with Crippen molar-refractivity contribution in [1.29, 1.82) is 0 Å². The van der Waals surface area contributed by atoms with Gasteiger partial charge in [0.1, 0.15) is 0 Å². The van der Waals surface area contributed by atoms with Crippen molar-refractivity contribution in [3.8, 4) is 0 Å². The highest BCUT2D eigenvalue weighted by atomic mass is 16.3. The zero-order chi connectivity index (χ0) is 14.1. The van der Waals surface area contributed by atoms with Crippen LogP contribution in [-0.2, 0) is 10.3 Å². The van der Waals surface area contributed by atoms with Gasteiger partial charge in [-0.25, -0.2) is 0 Å². The minimum absolute atomic E-state index is 0.0302. The van der Waals surface area contributed by atoms with Crippen LogP contribution in [-0.4, -0.2) is 24.2 Å². The maximum absolute atomic E-state index is 11.9. The third-order valence-electron chi connectivity index (χ3n) is 3.25. The molecule has 0 radical (unpaired) electrons. The Morgan fingerprint density at radius 2 is 1.95 bits per heavy atom. The number of carbonyl (C=O) groups excluding carboxylic acids is 1. The minimum Gasteiger partial charge on any atom is -0.394 e. The number of rotatable bonds is 8. The van der Waals surface area contributed by atoms with E-state index in [-0.39, 0.29) is 12.5 Å². The number of hydrogen-bond acceptors (Lipinski definition) is 3. The fraction of sp³-hybridized carbons (Fsp3) is 0.533. The summed E-state index contributed by atoms with van der Waals surface area (Å²) >= 11 is 0. The summed E-state index contributed by atoms with van der Waals surface area (Å²) in [6.07, 6.45) is 3.22. The van der Waals surface area contributed by atoms with E-state index in [0.717, 1.165) is 24.8 Å². The van der Waals surface area contributed by atoms with Crippen molar-refractivity contribution in [2.75, 3.05) is 13.2 Å². The Morgan fingerprint density at radius 3 is 2.53 bits per heavy atom. The second-order valence-electron chi connectivity index (χ2n) is 5.00. The number of benzene rings is 1. The number of nitrogens with one attached hydrogen (secondary N) is 1. The number of amides is 1. The summed E-state index contributed by atoms with van der Waals surface area (Å²) < 4.78 is 0. The first-order valence-corrected chi connectivity index (χ1v) is 6.80. The predicted molar refractivity (Wildman–Crippen MR) is 76.5 cm³/mol. The van der Waals surface area contributed by atoms with Gasteiger partial charge in [0.05, 0.1) is 12.1 Å². The van der Waals surface area contributed by atoms with E-state index in [0.29, 0.717) is 13.0 Å². The smallest absolute Gasteiger partial charge is 0.220 e. The number of nitrogens with two attached hydrogens (primary N) is 1. The molecule has 0 saturated carbocycles. The van der Waals surface area contributed by atoms with Gasteiger partial charge in [-0.15, -0.1) is 0 Å². The van der Waals surface area contributed by atoms with Gasteiger partial charge >= 0.3 is 0 Å². The van der Waals surface area contributed by atoms with E-state index in [2.05, 4.69) is 5.32 Å². The molecule has 19 heavy (non-hydrogen) atoms.